The van der Waals surface area contributed by atoms with Gasteiger partial charge in [-0.25, -0.2) is 19.9 Å². The lowest BCUT2D eigenvalue weighted by molar-refractivity contribution is -0.136. The van der Waals surface area contributed by atoms with E-state index < -0.39 is 29.7 Å². The first-order chi connectivity index (χ1) is 28.6. The van der Waals surface area contributed by atoms with Crippen LogP contribution < -0.4 is 25.6 Å². The summed E-state index contributed by atoms with van der Waals surface area (Å²) in [6, 6.07) is 16.8. The number of hydrogen-bond donors (Lipinski definition) is 3. The minimum Gasteiger partial charge on any atom is -0.484 e. The van der Waals surface area contributed by atoms with E-state index in [-0.39, 0.29) is 60.2 Å². The van der Waals surface area contributed by atoms with Gasteiger partial charge in [-0.05, 0) is 80.8 Å². The summed E-state index contributed by atoms with van der Waals surface area (Å²) in [5, 5.41) is 8.62. The van der Waals surface area contributed by atoms with Gasteiger partial charge in [-0.2, -0.15) is 0 Å². The molecule has 3 aromatic heterocycles. The molecule has 9 rings (SSSR count). The maximum atomic E-state index is 13.2. The molecule has 0 radical (unpaired) electrons. The Morgan fingerprint density at radius 2 is 1.68 bits per heavy atom. The van der Waals surface area contributed by atoms with Crippen LogP contribution >= 0.6 is 0 Å². The molecule has 2 aromatic carbocycles. The van der Waals surface area contributed by atoms with Crippen LogP contribution in [-0.4, -0.2) is 115 Å². The van der Waals surface area contributed by atoms with Crippen molar-refractivity contribution in [2.45, 2.75) is 50.7 Å². The Hall–Kier alpha value is -7.24. The average molecular weight is 798 g/mol. The SMILES string of the molecule is Cc1cccc(C(=O)NC2CC(n3cnc4c(Nc5ccc(N6CCN(C(=O)COc7ccc8c(c7)C(=O)N(C7CCC(=O)NC7=O)C8=O)CC6)cc5)ncnc43)C2)n1. The van der Waals surface area contributed by atoms with Gasteiger partial charge in [0.05, 0.1) is 17.5 Å². The van der Waals surface area contributed by atoms with Crippen molar-refractivity contribution in [2.24, 2.45) is 0 Å². The first-order valence-corrected chi connectivity index (χ1v) is 19.4. The zero-order valence-electron chi connectivity index (χ0n) is 32.0. The molecule has 1 saturated carbocycles. The second kappa shape index (κ2) is 15.3. The number of nitrogens with zero attached hydrogens (tertiary/aromatic N) is 8. The number of aryl methyl sites for hydroxylation is 1. The van der Waals surface area contributed by atoms with Gasteiger partial charge >= 0.3 is 0 Å². The second-order valence-electron chi connectivity index (χ2n) is 15.0. The largest absolute Gasteiger partial charge is 0.484 e. The fourth-order valence-corrected chi connectivity index (χ4v) is 7.95. The number of pyridine rings is 1. The van der Waals surface area contributed by atoms with Gasteiger partial charge in [0.2, 0.25) is 11.8 Å². The number of amides is 6. The third-order valence-corrected chi connectivity index (χ3v) is 11.2. The molecule has 1 unspecified atom stereocenters. The van der Waals surface area contributed by atoms with Gasteiger partial charge in [-0.15, -0.1) is 0 Å². The highest BCUT2D eigenvalue weighted by Crippen LogP contribution is 2.36. The van der Waals surface area contributed by atoms with Gasteiger partial charge in [-0.1, -0.05) is 6.07 Å². The van der Waals surface area contributed by atoms with E-state index in [1.54, 1.807) is 17.3 Å². The number of imidazole rings is 1. The number of carbonyl (C=O) groups excluding carboxylic acids is 6. The number of anilines is 3. The van der Waals surface area contributed by atoms with E-state index in [1.165, 1.54) is 24.5 Å². The van der Waals surface area contributed by atoms with Crippen molar-refractivity contribution >= 4 is 63.8 Å². The van der Waals surface area contributed by atoms with Crippen molar-refractivity contribution in [3.63, 3.8) is 0 Å². The van der Waals surface area contributed by atoms with Gasteiger partial charge in [-0.3, -0.25) is 39.0 Å². The summed E-state index contributed by atoms with van der Waals surface area (Å²) in [5.41, 5.74) is 4.62. The Bertz CT molecular complexity index is 2530. The Labute approximate surface area is 337 Å². The molecule has 300 valence electrons. The molecule has 59 heavy (non-hydrogen) atoms. The number of nitrogens with one attached hydrogen (secondary N) is 3. The quantitative estimate of drug-likeness (QED) is 0.174. The minimum atomic E-state index is -1.06. The first-order valence-electron chi connectivity index (χ1n) is 19.4. The fourth-order valence-electron chi connectivity index (χ4n) is 7.95. The van der Waals surface area contributed by atoms with Crippen LogP contribution in [0.4, 0.5) is 17.2 Å². The minimum absolute atomic E-state index is 0.0307. The number of fused-ring (bicyclic) bond motifs is 2. The Kier molecular flexibility index (Phi) is 9.66. The maximum Gasteiger partial charge on any atom is 0.270 e. The molecule has 1 atom stereocenters. The number of rotatable bonds is 10. The van der Waals surface area contributed by atoms with E-state index >= 15 is 0 Å². The van der Waals surface area contributed by atoms with Crippen LogP contribution in [0, 0.1) is 6.92 Å². The smallest absolute Gasteiger partial charge is 0.270 e. The number of piperidine rings is 1. The number of carbonyl (C=O) groups is 6. The van der Waals surface area contributed by atoms with E-state index in [0.29, 0.717) is 48.9 Å². The molecule has 3 N–H and O–H groups in total. The highest BCUT2D eigenvalue weighted by Gasteiger charge is 2.45. The summed E-state index contributed by atoms with van der Waals surface area (Å²) in [6.07, 6.45) is 4.89. The molecule has 1 aliphatic carbocycles. The maximum absolute atomic E-state index is 13.2. The highest BCUT2D eigenvalue weighted by atomic mass is 16.5. The van der Waals surface area contributed by atoms with Crippen molar-refractivity contribution in [1.82, 2.24) is 44.9 Å². The van der Waals surface area contributed by atoms with Gasteiger partial charge in [0, 0.05) is 61.8 Å². The molecular formula is C41H39N11O7. The van der Waals surface area contributed by atoms with E-state index in [9.17, 15) is 28.8 Å². The molecule has 3 fully saturated rings. The summed E-state index contributed by atoms with van der Waals surface area (Å²) >= 11 is 0. The summed E-state index contributed by atoms with van der Waals surface area (Å²) in [4.78, 5) is 98.5. The predicted octanol–water partition coefficient (Wildman–Crippen LogP) is 2.54. The topological polar surface area (TPSA) is 214 Å². The molecular weight excluding hydrogens is 759 g/mol. The van der Waals surface area contributed by atoms with E-state index in [4.69, 9.17) is 4.74 Å². The molecule has 6 heterocycles. The van der Waals surface area contributed by atoms with E-state index in [0.717, 1.165) is 34.8 Å². The van der Waals surface area contributed by atoms with Crippen molar-refractivity contribution in [2.75, 3.05) is 43.0 Å². The van der Waals surface area contributed by atoms with Crippen molar-refractivity contribution in [3.05, 3.63) is 95.8 Å². The molecule has 0 bridgehead atoms. The molecule has 0 spiro atoms. The van der Waals surface area contributed by atoms with Gasteiger partial charge < -0.3 is 29.7 Å². The number of ether oxygens (including phenoxy) is 1. The monoisotopic (exact) mass is 797 g/mol. The van der Waals surface area contributed by atoms with Crippen LogP contribution in [0.25, 0.3) is 11.2 Å². The lowest BCUT2D eigenvalue weighted by Gasteiger charge is -2.36. The summed E-state index contributed by atoms with van der Waals surface area (Å²) in [7, 11) is 0. The number of hydrogen-bond acceptors (Lipinski definition) is 13. The van der Waals surface area contributed by atoms with Crippen molar-refractivity contribution < 1.29 is 33.5 Å². The Morgan fingerprint density at radius 1 is 0.898 bits per heavy atom. The zero-order chi connectivity index (χ0) is 40.8. The number of imide groups is 2. The Morgan fingerprint density at radius 3 is 2.44 bits per heavy atom. The van der Waals surface area contributed by atoms with Crippen LogP contribution in [0.5, 0.6) is 5.75 Å². The molecule has 18 heteroatoms. The van der Waals surface area contributed by atoms with Crippen molar-refractivity contribution in [1.29, 1.82) is 0 Å². The van der Waals surface area contributed by atoms with Gasteiger partial charge in [0.1, 0.15) is 23.8 Å². The Balaban J connectivity index is 0.750. The average Bonchev–Trinajstić information content (AvgIpc) is 3.76. The second-order valence-corrected chi connectivity index (χ2v) is 15.0. The fraction of sp³-hybridized carbons (Fsp3) is 0.317. The first kappa shape index (κ1) is 37.3. The number of benzene rings is 2. The number of piperazine rings is 1. The summed E-state index contributed by atoms with van der Waals surface area (Å²) in [5.74, 6) is -1.93. The van der Waals surface area contributed by atoms with Gasteiger partial charge in [0.15, 0.2) is 23.6 Å². The van der Waals surface area contributed by atoms with E-state index in [1.807, 2.05) is 47.9 Å². The van der Waals surface area contributed by atoms with Crippen LogP contribution in [0.3, 0.4) is 0 Å². The lowest BCUT2D eigenvalue weighted by Crippen LogP contribution is -2.54. The van der Waals surface area contributed by atoms with Crippen molar-refractivity contribution in [3.8, 4) is 5.75 Å². The summed E-state index contributed by atoms with van der Waals surface area (Å²) in [6.45, 7) is 3.81. The predicted molar refractivity (Wildman–Crippen MR) is 211 cm³/mol. The molecule has 3 aliphatic heterocycles. The van der Waals surface area contributed by atoms with Crippen LogP contribution in [0.15, 0.2) is 73.3 Å². The summed E-state index contributed by atoms with van der Waals surface area (Å²) < 4.78 is 7.79. The molecule has 6 amide bonds. The highest BCUT2D eigenvalue weighted by molar-refractivity contribution is 6.23. The van der Waals surface area contributed by atoms with Crippen LogP contribution in [-0.2, 0) is 14.4 Å². The normalized spacial score (nSPS) is 20.3. The number of aromatic nitrogens is 5. The lowest BCUT2D eigenvalue weighted by atomic mass is 9.86. The molecule has 4 aliphatic rings. The third kappa shape index (κ3) is 7.28. The van der Waals surface area contributed by atoms with Gasteiger partial charge in [0.25, 0.3) is 23.6 Å². The van der Waals surface area contributed by atoms with Crippen LogP contribution in [0.1, 0.15) is 68.6 Å². The third-order valence-electron chi connectivity index (χ3n) is 11.2. The van der Waals surface area contributed by atoms with E-state index in [2.05, 4.69) is 40.8 Å². The zero-order valence-corrected chi connectivity index (χ0v) is 32.0. The standard InChI is InChI=1S/C41H39N11O7/c1-23-3-2-4-31(45-23)38(55)47-25-17-27(18-25)51-22-44-35-36(42-21-43-37(35)51)46-24-5-7-26(8-6-24)49-13-15-50(16-14-49)34(54)20-59-28-9-10-29-30(19-28)41(58)52(40(29)57)32-11-12-33(53)48-39(32)56/h2-10,19,21-22,25,27,32H,11-18,20H2,1H3,(H,47,55)(H,42,43,46)(H,48,53,56). The molecule has 2 saturated heterocycles. The van der Waals surface area contributed by atoms with Crippen LogP contribution in [0.2, 0.25) is 0 Å². The molecule has 5 aromatic rings. The molecule has 18 nitrogen and oxygen atoms in total.